The van der Waals surface area contributed by atoms with Crippen LogP contribution in [0.4, 0.5) is 0 Å². The van der Waals surface area contributed by atoms with Crippen molar-refractivity contribution >= 4 is 17.5 Å². The minimum Gasteiger partial charge on any atom is -0.351 e. The van der Waals surface area contributed by atoms with Gasteiger partial charge in [-0.05, 0) is 35.4 Å². The summed E-state index contributed by atoms with van der Waals surface area (Å²) in [7, 11) is 0. The third-order valence-electron chi connectivity index (χ3n) is 3.22. The van der Waals surface area contributed by atoms with E-state index >= 15 is 0 Å². The second-order valence-electron chi connectivity index (χ2n) is 6.76. The van der Waals surface area contributed by atoms with Crippen LogP contribution in [0.5, 0.6) is 0 Å². The zero-order valence-corrected chi connectivity index (χ0v) is 13.9. The number of halogens is 1. The molecule has 0 saturated carbocycles. The third-order valence-corrected chi connectivity index (χ3v) is 3.56. The van der Waals surface area contributed by atoms with Gasteiger partial charge in [0.05, 0.1) is 5.38 Å². The Kier molecular flexibility index (Phi) is 6.07. The molecule has 0 heterocycles. The van der Waals surface area contributed by atoms with Crippen molar-refractivity contribution in [3.8, 4) is 0 Å². The van der Waals surface area contributed by atoms with Gasteiger partial charge in [0.1, 0.15) is 0 Å². The van der Waals surface area contributed by atoms with Gasteiger partial charge in [0.15, 0.2) is 0 Å². The number of hydrogen-bond acceptors (Lipinski definition) is 1. The summed E-state index contributed by atoms with van der Waals surface area (Å²) >= 11 is 6.18. The Labute approximate surface area is 127 Å². The molecule has 1 N–H and O–H groups in total. The van der Waals surface area contributed by atoms with Crippen LogP contribution in [0.15, 0.2) is 24.3 Å². The number of nitrogens with one attached hydrogen (secondary N) is 1. The lowest BCUT2D eigenvalue weighted by atomic mass is 9.87. The van der Waals surface area contributed by atoms with E-state index in [0.29, 0.717) is 18.0 Å². The van der Waals surface area contributed by atoms with E-state index in [1.165, 1.54) is 5.56 Å². The molecule has 0 saturated heterocycles. The number of hydrogen-bond donors (Lipinski definition) is 1. The first-order valence-electron chi connectivity index (χ1n) is 7.23. The van der Waals surface area contributed by atoms with E-state index in [4.69, 9.17) is 11.6 Å². The Morgan fingerprint density at radius 1 is 1.20 bits per heavy atom. The molecule has 0 spiro atoms. The number of rotatable bonds is 5. The molecule has 0 aliphatic carbocycles. The standard InChI is InChI=1S/C17H26ClNO/c1-12(2)10-15(18)11-19-16(20)13-6-8-14(9-7-13)17(3,4)5/h6-9,12,15H,10-11H2,1-5H3,(H,19,20). The summed E-state index contributed by atoms with van der Waals surface area (Å²) in [5.74, 6) is 0.486. The number of benzene rings is 1. The smallest absolute Gasteiger partial charge is 0.251 e. The van der Waals surface area contributed by atoms with Crippen molar-refractivity contribution in [2.75, 3.05) is 6.54 Å². The number of carbonyl (C=O) groups excluding carboxylic acids is 1. The van der Waals surface area contributed by atoms with Gasteiger partial charge in [-0.1, -0.05) is 46.8 Å². The Morgan fingerprint density at radius 3 is 2.20 bits per heavy atom. The van der Waals surface area contributed by atoms with E-state index in [1.807, 2.05) is 24.3 Å². The Hall–Kier alpha value is -1.02. The minimum atomic E-state index is -0.0557. The fourth-order valence-corrected chi connectivity index (χ4v) is 2.46. The third kappa shape index (κ3) is 5.54. The molecular weight excluding hydrogens is 270 g/mol. The minimum absolute atomic E-state index is 0.00667. The van der Waals surface area contributed by atoms with Crippen molar-refractivity contribution in [1.82, 2.24) is 5.32 Å². The molecule has 0 bridgehead atoms. The molecule has 20 heavy (non-hydrogen) atoms. The van der Waals surface area contributed by atoms with Crippen LogP contribution in [0.25, 0.3) is 0 Å². The van der Waals surface area contributed by atoms with Gasteiger partial charge in [-0.2, -0.15) is 0 Å². The lowest BCUT2D eigenvalue weighted by Gasteiger charge is -2.19. The van der Waals surface area contributed by atoms with E-state index in [9.17, 15) is 4.79 Å². The van der Waals surface area contributed by atoms with Gasteiger partial charge in [0, 0.05) is 12.1 Å². The quantitative estimate of drug-likeness (QED) is 0.803. The summed E-state index contributed by atoms with van der Waals surface area (Å²) in [4.78, 5) is 12.0. The molecule has 1 rings (SSSR count). The van der Waals surface area contributed by atoms with E-state index in [-0.39, 0.29) is 16.7 Å². The molecular formula is C17H26ClNO. The van der Waals surface area contributed by atoms with Gasteiger partial charge in [-0.25, -0.2) is 0 Å². The predicted octanol–water partition coefficient (Wildman–Crippen LogP) is 4.37. The van der Waals surface area contributed by atoms with E-state index in [2.05, 4.69) is 39.9 Å². The van der Waals surface area contributed by atoms with Crippen LogP contribution in [-0.2, 0) is 5.41 Å². The van der Waals surface area contributed by atoms with Crippen LogP contribution < -0.4 is 5.32 Å². The van der Waals surface area contributed by atoms with Gasteiger partial charge in [-0.3, -0.25) is 4.79 Å². The summed E-state index contributed by atoms with van der Waals surface area (Å²) in [5.41, 5.74) is 2.02. The second kappa shape index (κ2) is 7.12. The molecule has 0 aromatic heterocycles. The van der Waals surface area contributed by atoms with Crippen LogP contribution in [0.2, 0.25) is 0 Å². The number of alkyl halides is 1. The molecule has 1 unspecified atom stereocenters. The number of amides is 1. The van der Waals surface area contributed by atoms with Gasteiger partial charge >= 0.3 is 0 Å². The van der Waals surface area contributed by atoms with Gasteiger partial charge < -0.3 is 5.32 Å². The summed E-state index contributed by atoms with van der Waals surface area (Å²) in [6.45, 7) is 11.2. The Bertz CT molecular complexity index is 431. The maximum atomic E-state index is 12.0. The predicted molar refractivity (Wildman–Crippen MR) is 86.6 cm³/mol. The van der Waals surface area contributed by atoms with E-state index in [1.54, 1.807) is 0 Å². The topological polar surface area (TPSA) is 29.1 Å². The summed E-state index contributed by atoms with van der Waals surface area (Å²) in [5, 5.41) is 2.88. The highest BCUT2D eigenvalue weighted by Gasteiger charge is 2.15. The first-order valence-corrected chi connectivity index (χ1v) is 7.66. The summed E-state index contributed by atoms with van der Waals surface area (Å²) in [6.07, 6.45) is 0.908. The average Bonchev–Trinajstić information content (AvgIpc) is 2.34. The maximum absolute atomic E-state index is 12.0. The van der Waals surface area contributed by atoms with Gasteiger partial charge in [0.2, 0.25) is 0 Å². The molecule has 1 aromatic carbocycles. The lowest BCUT2D eigenvalue weighted by Crippen LogP contribution is -2.30. The largest absolute Gasteiger partial charge is 0.351 e. The molecule has 1 aromatic rings. The second-order valence-corrected chi connectivity index (χ2v) is 7.38. The summed E-state index contributed by atoms with van der Waals surface area (Å²) < 4.78 is 0. The van der Waals surface area contributed by atoms with Crippen LogP contribution >= 0.6 is 11.6 Å². The normalized spacial score (nSPS) is 13.3. The molecule has 0 radical (unpaired) electrons. The van der Waals surface area contributed by atoms with Crippen LogP contribution in [0.3, 0.4) is 0 Å². The zero-order chi connectivity index (χ0) is 15.3. The number of carbonyl (C=O) groups is 1. The molecule has 1 amide bonds. The molecule has 0 fully saturated rings. The molecule has 0 aliphatic heterocycles. The fourth-order valence-electron chi connectivity index (χ4n) is 2.02. The van der Waals surface area contributed by atoms with Gasteiger partial charge in [0.25, 0.3) is 5.91 Å². The Morgan fingerprint density at radius 2 is 1.75 bits per heavy atom. The van der Waals surface area contributed by atoms with Crippen molar-refractivity contribution in [2.45, 2.75) is 51.8 Å². The highest BCUT2D eigenvalue weighted by atomic mass is 35.5. The van der Waals surface area contributed by atoms with E-state index < -0.39 is 0 Å². The lowest BCUT2D eigenvalue weighted by molar-refractivity contribution is 0.0953. The van der Waals surface area contributed by atoms with Crippen molar-refractivity contribution in [1.29, 1.82) is 0 Å². The molecule has 3 heteroatoms. The van der Waals surface area contributed by atoms with Crippen LogP contribution in [0.1, 0.15) is 57.0 Å². The fraction of sp³-hybridized carbons (Fsp3) is 0.588. The van der Waals surface area contributed by atoms with Crippen molar-refractivity contribution in [2.24, 2.45) is 5.92 Å². The first-order chi connectivity index (χ1) is 9.20. The first kappa shape index (κ1) is 17.0. The van der Waals surface area contributed by atoms with Gasteiger partial charge in [-0.15, -0.1) is 11.6 Å². The van der Waals surface area contributed by atoms with Crippen molar-refractivity contribution in [3.05, 3.63) is 35.4 Å². The molecule has 1 atom stereocenters. The SMILES string of the molecule is CC(C)CC(Cl)CNC(=O)c1ccc(C(C)(C)C)cc1. The monoisotopic (exact) mass is 295 g/mol. The van der Waals surface area contributed by atoms with Crippen LogP contribution in [0, 0.1) is 5.92 Å². The Balaban J connectivity index is 2.56. The van der Waals surface area contributed by atoms with Crippen LogP contribution in [-0.4, -0.2) is 17.8 Å². The highest BCUT2D eigenvalue weighted by Crippen LogP contribution is 2.22. The highest BCUT2D eigenvalue weighted by molar-refractivity contribution is 6.20. The molecule has 112 valence electrons. The average molecular weight is 296 g/mol. The van der Waals surface area contributed by atoms with E-state index in [0.717, 1.165) is 6.42 Å². The summed E-state index contributed by atoms with van der Waals surface area (Å²) in [6, 6.07) is 7.78. The molecule has 0 aliphatic rings. The van der Waals surface area contributed by atoms with Crippen molar-refractivity contribution in [3.63, 3.8) is 0 Å². The zero-order valence-electron chi connectivity index (χ0n) is 13.2. The molecule has 2 nitrogen and oxygen atoms in total. The van der Waals surface area contributed by atoms with Crippen molar-refractivity contribution < 1.29 is 4.79 Å². The maximum Gasteiger partial charge on any atom is 0.251 e.